The maximum atomic E-state index is 12.0. The van der Waals surface area contributed by atoms with Crippen LogP contribution in [0, 0.1) is 0 Å². The fraction of sp³-hybridized carbons (Fsp3) is 0.333. The van der Waals surface area contributed by atoms with E-state index < -0.39 is 6.09 Å². The molecule has 1 saturated heterocycles. The third-order valence-corrected chi connectivity index (χ3v) is 6.19. The number of aromatic nitrogens is 2. The minimum absolute atomic E-state index is 0.0838. The third kappa shape index (κ3) is 3.78. The molecule has 0 bridgehead atoms. The Hall–Kier alpha value is -3.52. The van der Waals surface area contributed by atoms with Crippen molar-refractivity contribution >= 4 is 17.5 Å². The first-order chi connectivity index (χ1) is 15.6. The van der Waals surface area contributed by atoms with Crippen molar-refractivity contribution in [3.63, 3.8) is 0 Å². The summed E-state index contributed by atoms with van der Waals surface area (Å²) >= 11 is 0. The Kier molecular flexibility index (Phi) is 5.45. The van der Waals surface area contributed by atoms with Crippen LogP contribution in [0.4, 0.5) is 16.2 Å². The smallest absolute Gasteiger partial charge is 0.412 e. The summed E-state index contributed by atoms with van der Waals surface area (Å²) in [6.45, 7) is 5.73. The summed E-state index contributed by atoms with van der Waals surface area (Å²) < 4.78 is 8.21. The summed E-state index contributed by atoms with van der Waals surface area (Å²) in [4.78, 5) is 15.7. The fourth-order valence-electron chi connectivity index (χ4n) is 4.52. The molecule has 1 atom stereocenters. The first-order valence-corrected chi connectivity index (χ1v) is 11.0. The van der Waals surface area contributed by atoms with E-state index in [0.29, 0.717) is 17.2 Å². The minimum Gasteiger partial charge on any atom is -0.465 e. The normalized spacial score (nSPS) is 18.3. The lowest BCUT2D eigenvalue weighted by molar-refractivity contribution is 0.198. The molecule has 2 N–H and O–H groups in total. The van der Waals surface area contributed by atoms with E-state index in [1.54, 1.807) is 0 Å². The first-order valence-electron chi connectivity index (χ1n) is 11.0. The van der Waals surface area contributed by atoms with E-state index in [0.717, 1.165) is 56.0 Å². The quantitative estimate of drug-likeness (QED) is 0.650. The van der Waals surface area contributed by atoms with E-state index in [2.05, 4.69) is 15.3 Å². The molecule has 0 saturated carbocycles. The lowest BCUT2D eigenvalue weighted by Gasteiger charge is -2.34. The van der Waals surface area contributed by atoms with Crippen molar-refractivity contribution in [2.75, 3.05) is 36.0 Å². The Bertz CT molecular complexity index is 1110. The van der Waals surface area contributed by atoms with E-state index in [1.165, 1.54) is 4.90 Å². The number of piperazine rings is 1. The van der Waals surface area contributed by atoms with Gasteiger partial charge in [0.25, 0.3) is 0 Å². The number of hydrogen-bond donors (Lipinski definition) is 2. The van der Waals surface area contributed by atoms with Gasteiger partial charge in [0.1, 0.15) is 11.4 Å². The Labute approximate surface area is 187 Å². The Morgan fingerprint density at radius 3 is 2.62 bits per heavy atom. The second-order valence-corrected chi connectivity index (χ2v) is 8.25. The van der Waals surface area contributed by atoms with Crippen molar-refractivity contribution in [3.05, 3.63) is 60.4 Å². The molecule has 0 unspecified atom stereocenters. The van der Waals surface area contributed by atoms with Gasteiger partial charge in [-0.3, -0.25) is 4.90 Å². The molecule has 8 heteroatoms. The lowest BCUT2D eigenvalue weighted by atomic mass is 9.95. The number of anilines is 2. The van der Waals surface area contributed by atoms with Crippen LogP contribution >= 0.6 is 0 Å². The summed E-state index contributed by atoms with van der Waals surface area (Å²) in [5.41, 5.74) is 3.44. The number of hydrogen-bond acceptors (Lipinski definition) is 5. The van der Waals surface area contributed by atoms with Gasteiger partial charge in [0, 0.05) is 37.8 Å². The van der Waals surface area contributed by atoms with Crippen LogP contribution in [0.2, 0.25) is 0 Å². The number of amides is 1. The predicted molar refractivity (Wildman–Crippen MR) is 123 cm³/mol. The van der Waals surface area contributed by atoms with E-state index in [-0.39, 0.29) is 6.04 Å². The molecule has 32 heavy (non-hydrogen) atoms. The standard InChI is InChI=1S/C24H27N5O3/c1-17-7-8-20-21(29(17)24(30)31)9-10-22(23(20)32-19-5-3-2-4-6-19)28-16-18(15-26-28)27-13-11-25-12-14-27/h2-6,9-10,15-17,25H,7-8,11-14H2,1H3,(H,30,31)/t17-/m0/s1. The average molecular weight is 434 g/mol. The molecule has 1 fully saturated rings. The van der Waals surface area contributed by atoms with Crippen molar-refractivity contribution in [2.24, 2.45) is 0 Å². The molecule has 0 spiro atoms. The minimum atomic E-state index is -0.947. The fourth-order valence-corrected chi connectivity index (χ4v) is 4.52. The van der Waals surface area contributed by atoms with Crippen LogP contribution in [0.15, 0.2) is 54.9 Å². The largest absolute Gasteiger partial charge is 0.465 e. The molecule has 2 aliphatic rings. The zero-order valence-electron chi connectivity index (χ0n) is 18.1. The zero-order chi connectivity index (χ0) is 22.1. The van der Waals surface area contributed by atoms with E-state index in [4.69, 9.17) is 4.74 Å². The average Bonchev–Trinajstić information content (AvgIpc) is 3.30. The van der Waals surface area contributed by atoms with Crippen LogP contribution < -0.4 is 19.9 Å². The highest BCUT2D eigenvalue weighted by molar-refractivity contribution is 5.90. The summed E-state index contributed by atoms with van der Waals surface area (Å²) in [6.07, 6.45) is 4.42. The van der Waals surface area contributed by atoms with Crippen LogP contribution in [0.3, 0.4) is 0 Å². The number of nitrogens with one attached hydrogen (secondary N) is 1. The lowest BCUT2D eigenvalue weighted by Crippen LogP contribution is -2.43. The second-order valence-electron chi connectivity index (χ2n) is 8.25. The summed E-state index contributed by atoms with van der Waals surface area (Å²) in [5.74, 6) is 1.36. The van der Waals surface area contributed by atoms with Crippen LogP contribution in [-0.4, -0.2) is 53.2 Å². The molecule has 3 heterocycles. The van der Waals surface area contributed by atoms with E-state index in [9.17, 15) is 9.90 Å². The number of rotatable bonds is 4. The highest BCUT2D eigenvalue weighted by atomic mass is 16.5. The molecule has 5 rings (SSSR count). The summed E-state index contributed by atoms with van der Waals surface area (Å²) in [6, 6.07) is 13.3. The highest BCUT2D eigenvalue weighted by Crippen LogP contribution is 2.42. The molecule has 3 aromatic rings. The van der Waals surface area contributed by atoms with Gasteiger partial charge in [-0.15, -0.1) is 0 Å². The second kappa shape index (κ2) is 8.55. The molecule has 1 aromatic heterocycles. The number of carbonyl (C=O) groups is 1. The van der Waals surface area contributed by atoms with Crippen molar-refractivity contribution < 1.29 is 14.6 Å². The van der Waals surface area contributed by atoms with Crippen LogP contribution in [0.1, 0.15) is 18.9 Å². The van der Waals surface area contributed by atoms with Crippen LogP contribution in [-0.2, 0) is 6.42 Å². The van der Waals surface area contributed by atoms with Crippen LogP contribution in [0.5, 0.6) is 11.5 Å². The van der Waals surface area contributed by atoms with Gasteiger partial charge < -0.3 is 20.1 Å². The maximum Gasteiger partial charge on any atom is 0.412 e. The predicted octanol–water partition coefficient (Wildman–Crippen LogP) is 3.89. The molecular formula is C24H27N5O3. The summed E-state index contributed by atoms with van der Waals surface area (Å²) in [5, 5.41) is 17.8. The van der Waals surface area contributed by atoms with Crippen molar-refractivity contribution in [1.29, 1.82) is 0 Å². The van der Waals surface area contributed by atoms with Gasteiger partial charge in [-0.2, -0.15) is 5.10 Å². The van der Waals surface area contributed by atoms with Gasteiger partial charge in [0.15, 0.2) is 5.75 Å². The van der Waals surface area contributed by atoms with Crippen molar-refractivity contribution in [3.8, 4) is 17.2 Å². The van der Waals surface area contributed by atoms with Gasteiger partial charge >= 0.3 is 6.09 Å². The Morgan fingerprint density at radius 2 is 1.88 bits per heavy atom. The number of ether oxygens (including phenoxy) is 1. The van der Waals surface area contributed by atoms with Gasteiger partial charge in [-0.25, -0.2) is 9.48 Å². The SMILES string of the molecule is C[C@H]1CCc2c(ccc(-n3cc(N4CCNCC4)cn3)c2Oc2ccccc2)N1C(=O)O. The van der Waals surface area contributed by atoms with E-state index in [1.807, 2.05) is 66.5 Å². The zero-order valence-corrected chi connectivity index (χ0v) is 18.1. The van der Waals surface area contributed by atoms with Gasteiger partial charge in [-0.05, 0) is 44.0 Å². The topological polar surface area (TPSA) is 82.9 Å². The molecule has 2 aromatic carbocycles. The summed E-state index contributed by atoms with van der Waals surface area (Å²) in [7, 11) is 0. The number of para-hydroxylation sites is 1. The van der Waals surface area contributed by atoms with Crippen molar-refractivity contribution in [2.45, 2.75) is 25.8 Å². The number of fused-ring (bicyclic) bond motifs is 1. The van der Waals surface area contributed by atoms with Gasteiger partial charge in [-0.1, -0.05) is 18.2 Å². The van der Waals surface area contributed by atoms with Crippen molar-refractivity contribution in [1.82, 2.24) is 15.1 Å². The molecule has 0 radical (unpaired) electrons. The molecule has 166 valence electrons. The maximum absolute atomic E-state index is 12.0. The Morgan fingerprint density at radius 1 is 1.12 bits per heavy atom. The Balaban J connectivity index is 1.59. The molecular weight excluding hydrogens is 406 g/mol. The number of nitrogens with zero attached hydrogens (tertiary/aromatic N) is 4. The highest BCUT2D eigenvalue weighted by Gasteiger charge is 2.32. The van der Waals surface area contributed by atoms with E-state index >= 15 is 0 Å². The van der Waals surface area contributed by atoms with Gasteiger partial charge in [0.2, 0.25) is 0 Å². The first kappa shape index (κ1) is 20.4. The third-order valence-electron chi connectivity index (χ3n) is 6.19. The molecule has 1 amide bonds. The number of benzene rings is 2. The van der Waals surface area contributed by atoms with Crippen LogP contribution in [0.25, 0.3) is 5.69 Å². The molecule has 2 aliphatic heterocycles. The molecule has 8 nitrogen and oxygen atoms in total. The van der Waals surface area contributed by atoms with Gasteiger partial charge in [0.05, 0.1) is 23.8 Å². The monoisotopic (exact) mass is 433 g/mol. The number of carboxylic acid groups (broad SMARTS) is 1. The molecule has 0 aliphatic carbocycles.